The molecule has 18 heavy (non-hydrogen) atoms. The van der Waals surface area contributed by atoms with Gasteiger partial charge in [0.15, 0.2) is 0 Å². The Morgan fingerprint density at radius 3 is 2.56 bits per heavy atom. The van der Waals surface area contributed by atoms with Crippen molar-refractivity contribution in [2.75, 3.05) is 6.61 Å². The van der Waals surface area contributed by atoms with E-state index in [9.17, 15) is 5.11 Å². The lowest BCUT2D eigenvalue weighted by molar-refractivity contribution is -0.0000102. The molecule has 4 nitrogen and oxygen atoms in total. The van der Waals surface area contributed by atoms with Crippen LogP contribution in [0.3, 0.4) is 0 Å². The molecule has 0 amide bonds. The van der Waals surface area contributed by atoms with E-state index in [1.54, 1.807) is 0 Å². The highest BCUT2D eigenvalue weighted by atomic mass is 16.5. The summed E-state index contributed by atoms with van der Waals surface area (Å²) in [5.74, 6) is 0.694. The van der Waals surface area contributed by atoms with Gasteiger partial charge in [-0.3, -0.25) is 0 Å². The van der Waals surface area contributed by atoms with Crippen molar-refractivity contribution in [2.24, 2.45) is 0 Å². The van der Waals surface area contributed by atoms with Gasteiger partial charge in [-0.2, -0.15) is 0 Å². The summed E-state index contributed by atoms with van der Waals surface area (Å²) < 4.78 is 10.8. The van der Waals surface area contributed by atoms with Crippen LogP contribution in [0.2, 0.25) is 0 Å². The Bertz CT molecular complexity index is 473. The number of hydrogen-bond donors (Lipinski definition) is 1. The number of benzene rings is 1. The summed E-state index contributed by atoms with van der Waals surface area (Å²) in [6.07, 6.45) is -0.392. The Kier molecular flexibility index (Phi) is 4.12. The Labute approximate surface area is 106 Å². The monoisotopic (exact) mass is 247 g/mol. The van der Waals surface area contributed by atoms with Gasteiger partial charge in [0.1, 0.15) is 11.9 Å². The smallest absolute Gasteiger partial charge is 0.139 e. The van der Waals surface area contributed by atoms with Crippen LogP contribution in [-0.2, 0) is 11.3 Å². The first-order chi connectivity index (χ1) is 8.72. The summed E-state index contributed by atoms with van der Waals surface area (Å²) in [5, 5.41) is 13.3. The lowest BCUT2D eigenvalue weighted by atomic mass is 10.1. The van der Waals surface area contributed by atoms with E-state index in [0.717, 1.165) is 16.8 Å². The summed E-state index contributed by atoms with van der Waals surface area (Å²) in [4.78, 5) is 0. The van der Waals surface area contributed by atoms with Crippen molar-refractivity contribution in [1.29, 1.82) is 0 Å². The zero-order chi connectivity index (χ0) is 13.0. The van der Waals surface area contributed by atoms with Crippen molar-refractivity contribution in [3.8, 4) is 0 Å². The van der Waals surface area contributed by atoms with Crippen LogP contribution in [0.15, 0.2) is 34.9 Å². The van der Waals surface area contributed by atoms with E-state index in [-0.39, 0.29) is 6.61 Å². The van der Waals surface area contributed by atoms with Crippen molar-refractivity contribution in [1.82, 2.24) is 5.16 Å². The van der Waals surface area contributed by atoms with Crippen LogP contribution in [0.1, 0.15) is 28.7 Å². The molecule has 96 valence electrons. The number of nitrogens with zero attached hydrogens (tertiary/aromatic N) is 1. The van der Waals surface area contributed by atoms with Gasteiger partial charge in [0, 0.05) is 5.56 Å². The van der Waals surface area contributed by atoms with Gasteiger partial charge in [-0.15, -0.1) is 0 Å². The Hall–Kier alpha value is -1.65. The number of rotatable bonds is 5. The second-order valence-electron chi connectivity index (χ2n) is 4.21. The third-order valence-corrected chi connectivity index (χ3v) is 2.87. The highest BCUT2D eigenvalue weighted by molar-refractivity contribution is 5.24. The number of aliphatic hydroxyl groups excluding tert-OH is 1. The first-order valence-electron chi connectivity index (χ1n) is 5.91. The van der Waals surface area contributed by atoms with Gasteiger partial charge in [-0.1, -0.05) is 35.5 Å². The minimum atomic E-state index is -0.392. The highest BCUT2D eigenvalue weighted by Crippen LogP contribution is 2.25. The van der Waals surface area contributed by atoms with Gasteiger partial charge < -0.3 is 14.4 Å². The predicted molar refractivity (Wildman–Crippen MR) is 67.0 cm³/mol. The van der Waals surface area contributed by atoms with E-state index in [1.807, 2.05) is 44.2 Å². The van der Waals surface area contributed by atoms with Crippen LogP contribution in [0, 0.1) is 13.8 Å². The quantitative estimate of drug-likeness (QED) is 0.882. The molecule has 1 aromatic carbocycles. The van der Waals surface area contributed by atoms with Crippen molar-refractivity contribution in [3.05, 3.63) is 52.9 Å². The van der Waals surface area contributed by atoms with Gasteiger partial charge in [-0.25, -0.2) is 0 Å². The first-order valence-corrected chi connectivity index (χ1v) is 5.91. The molecule has 0 spiro atoms. The number of aliphatic hydroxyl groups is 1. The maximum Gasteiger partial charge on any atom is 0.139 e. The molecule has 0 bridgehead atoms. The average Bonchev–Trinajstić information content (AvgIpc) is 2.73. The van der Waals surface area contributed by atoms with Crippen molar-refractivity contribution in [3.63, 3.8) is 0 Å². The van der Waals surface area contributed by atoms with Crippen molar-refractivity contribution >= 4 is 0 Å². The van der Waals surface area contributed by atoms with E-state index in [4.69, 9.17) is 9.26 Å². The van der Waals surface area contributed by atoms with Crippen LogP contribution < -0.4 is 0 Å². The topological polar surface area (TPSA) is 55.5 Å². The largest absolute Gasteiger partial charge is 0.393 e. The number of aryl methyl sites for hydroxylation is 2. The molecule has 1 aromatic heterocycles. The fourth-order valence-electron chi connectivity index (χ4n) is 1.95. The predicted octanol–water partition coefficient (Wildman–Crippen LogP) is 2.54. The minimum Gasteiger partial charge on any atom is -0.393 e. The Morgan fingerprint density at radius 1 is 1.28 bits per heavy atom. The molecule has 0 aliphatic heterocycles. The molecular formula is C14H17NO3. The summed E-state index contributed by atoms with van der Waals surface area (Å²) in [6.45, 7) is 4.04. The van der Waals surface area contributed by atoms with Crippen LogP contribution in [0.25, 0.3) is 0 Å². The molecule has 4 heteroatoms. The number of aromatic nitrogens is 1. The second-order valence-corrected chi connectivity index (χ2v) is 4.21. The maximum atomic E-state index is 9.43. The fraction of sp³-hybridized carbons (Fsp3) is 0.357. The average molecular weight is 247 g/mol. The fourth-order valence-corrected chi connectivity index (χ4v) is 1.95. The maximum absolute atomic E-state index is 9.43. The highest BCUT2D eigenvalue weighted by Gasteiger charge is 2.20. The Balaban J connectivity index is 2.07. The molecule has 0 saturated carbocycles. The van der Waals surface area contributed by atoms with Crippen LogP contribution in [0.4, 0.5) is 0 Å². The van der Waals surface area contributed by atoms with Crippen LogP contribution in [0.5, 0.6) is 0 Å². The van der Waals surface area contributed by atoms with E-state index in [2.05, 4.69) is 5.16 Å². The summed E-state index contributed by atoms with van der Waals surface area (Å²) in [7, 11) is 0. The van der Waals surface area contributed by atoms with Crippen molar-refractivity contribution in [2.45, 2.75) is 26.6 Å². The van der Waals surface area contributed by atoms with Crippen LogP contribution in [-0.4, -0.2) is 16.9 Å². The molecule has 2 aromatic rings. The Morgan fingerprint density at radius 2 is 2.00 bits per heavy atom. The van der Waals surface area contributed by atoms with Gasteiger partial charge in [0.25, 0.3) is 0 Å². The molecule has 1 atom stereocenters. The number of hydrogen-bond acceptors (Lipinski definition) is 4. The normalized spacial score (nSPS) is 12.6. The van der Waals surface area contributed by atoms with Crippen molar-refractivity contribution < 1.29 is 14.4 Å². The van der Waals surface area contributed by atoms with E-state index in [0.29, 0.717) is 12.4 Å². The summed E-state index contributed by atoms with van der Waals surface area (Å²) >= 11 is 0. The lowest BCUT2D eigenvalue weighted by Crippen LogP contribution is -2.10. The SMILES string of the molecule is Cc1noc(C)c1C(CO)OCc1ccccc1. The zero-order valence-electron chi connectivity index (χ0n) is 10.6. The molecule has 1 N–H and O–H groups in total. The van der Waals surface area contributed by atoms with Crippen LogP contribution >= 0.6 is 0 Å². The molecule has 0 aliphatic carbocycles. The van der Waals surface area contributed by atoms with Gasteiger partial charge in [0.05, 0.1) is 18.9 Å². The molecule has 1 heterocycles. The molecule has 0 aliphatic rings. The molecule has 2 rings (SSSR count). The molecular weight excluding hydrogens is 230 g/mol. The zero-order valence-corrected chi connectivity index (χ0v) is 10.6. The summed E-state index contributed by atoms with van der Waals surface area (Å²) in [6, 6.07) is 9.86. The first kappa shape index (κ1) is 12.8. The van der Waals surface area contributed by atoms with E-state index >= 15 is 0 Å². The van der Waals surface area contributed by atoms with Gasteiger partial charge >= 0.3 is 0 Å². The van der Waals surface area contributed by atoms with Gasteiger partial charge in [0.2, 0.25) is 0 Å². The minimum absolute atomic E-state index is 0.0876. The molecule has 1 unspecified atom stereocenters. The molecule has 0 fully saturated rings. The lowest BCUT2D eigenvalue weighted by Gasteiger charge is -2.15. The van der Waals surface area contributed by atoms with E-state index < -0.39 is 6.10 Å². The second kappa shape index (κ2) is 5.80. The molecule has 0 saturated heterocycles. The third-order valence-electron chi connectivity index (χ3n) is 2.87. The van der Waals surface area contributed by atoms with Gasteiger partial charge in [-0.05, 0) is 19.4 Å². The standard InChI is InChI=1S/C14H17NO3/c1-10-14(11(2)18-15-10)13(8-16)17-9-12-6-4-3-5-7-12/h3-7,13,16H,8-9H2,1-2H3. The third kappa shape index (κ3) is 2.78. The van der Waals surface area contributed by atoms with E-state index in [1.165, 1.54) is 0 Å². The number of ether oxygens (including phenoxy) is 1. The summed E-state index contributed by atoms with van der Waals surface area (Å²) in [5.41, 5.74) is 2.68. The molecule has 0 radical (unpaired) electrons.